The normalized spacial score (nSPS) is 12.2. The second kappa shape index (κ2) is 6.92. The van der Waals surface area contributed by atoms with E-state index in [0.717, 1.165) is 24.1 Å². The molecular formula is C13H18ClNOS. The number of halogens is 1. The Labute approximate surface area is 112 Å². The molecule has 1 unspecified atom stereocenters. The molecular weight excluding hydrogens is 254 g/mol. The van der Waals surface area contributed by atoms with Crippen molar-refractivity contribution in [3.63, 3.8) is 0 Å². The third kappa shape index (κ3) is 3.65. The first-order valence-corrected chi connectivity index (χ1v) is 7.37. The van der Waals surface area contributed by atoms with E-state index in [1.165, 1.54) is 0 Å². The molecule has 0 heterocycles. The minimum Gasteiger partial charge on any atom is -0.371 e. The van der Waals surface area contributed by atoms with Gasteiger partial charge in [0.2, 0.25) is 0 Å². The average molecular weight is 272 g/mol. The Morgan fingerprint density at radius 2 is 2.24 bits per heavy atom. The summed E-state index contributed by atoms with van der Waals surface area (Å²) >= 11 is 7.87. The van der Waals surface area contributed by atoms with Crippen molar-refractivity contribution in [2.24, 2.45) is 0 Å². The zero-order valence-corrected chi connectivity index (χ0v) is 12.0. The standard InChI is InChI=1S/C13H18ClNOS/c1-4-11(9-17-3)15(2)12-6-5-10(8-16)13(14)7-12/h5-8,11H,4,9H2,1-3H3. The minimum absolute atomic E-state index is 0.489. The number of carbonyl (C=O) groups is 1. The van der Waals surface area contributed by atoms with Crippen LogP contribution in [0.2, 0.25) is 5.02 Å². The highest BCUT2D eigenvalue weighted by Gasteiger charge is 2.13. The zero-order chi connectivity index (χ0) is 12.8. The van der Waals surface area contributed by atoms with Crippen LogP contribution in [0.4, 0.5) is 5.69 Å². The molecule has 0 saturated heterocycles. The van der Waals surface area contributed by atoms with E-state index in [9.17, 15) is 4.79 Å². The number of rotatable bonds is 6. The molecule has 94 valence electrons. The number of carbonyl (C=O) groups excluding carboxylic acids is 1. The topological polar surface area (TPSA) is 20.3 Å². The Morgan fingerprint density at radius 3 is 2.71 bits per heavy atom. The van der Waals surface area contributed by atoms with Crippen LogP contribution in [-0.4, -0.2) is 31.4 Å². The molecule has 0 bridgehead atoms. The van der Waals surface area contributed by atoms with Gasteiger partial charge >= 0.3 is 0 Å². The second-order valence-corrected chi connectivity index (χ2v) is 5.27. The van der Waals surface area contributed by atoms with Crippen LogP contribution in [0.1, 0.15) is 23.7 Å². The van der Waals surface area contributed by atoms with Crippen LogP contribution in [0.15, 0.2) is 18.2 Å². The SMILES string of the molecule is CCC(CSC)N(C)c1ccc(C=O)c(Cl)c1. The van der Waals surface area contributed by atoms with Gasteiger partial charge < -0.3 is 4.90 Å². The van der Waals surface area contributed by atoms with E-state index in [0.29, 0.717) is 16.6 Å². The van der Waals surface area contributed by atoms with Crippen molar-refractivity contribution in [3.8, 4) is 0 Å². The lowest BCUT2D eigenvalue weighted by atomic mass is 10.1. The molecule has 1 atom stereocenters. The molecule has 0 N–H and O–H groups in total. The Hall–Kier alpha value is -0.670. The molecule has 1 aromatic carbocycles. The van der Waals surface area contributed by atoms with Crippen LogP contribution in [0, 0.1) is 0 Å². The quantitative estimate of drug-likeness (QED) is 0.736. The molecule has 0 spiro atoms. The van der Waals surface area contributed by atoms with E-state index in [4.69, 9.17) is 11.6 Å². The predicted octanol–water partition coefficient (Wildman–Crippen LogP) is 3.73. The fourth-order valence-electron chi connectivity index (χ4n) is 1.74. The number of hydrogen-bond acceptors (Lipinski definition) is 3. The van der Waals surface area contributed by atoms with E-state index in [-0.39, 0.29) is 0 Å². The molecule has 0 radical (unpaired) electrons. The summed E-state index contributed by atoms with van der Waals surface area (Å²) in [5, 5.41) is 0.517. The van der Waals surface area contributed by atoms with Crippen LogP contribution in [-0.2, 0) is 0 Å². The van der Waals surface area contributed by atoms with E-state index in [1.54, 1.807) is 6.07 Å². The fourth-order valence-corrected chi connectivity index (χ4v) is 2.80. The summed E-state index contributed by atoms with van der Waals surface area (Å²) in [6.45, 7) is 2.18. The molecule has 1 aromatic rings. The van der Waals surface area contributed by atoms with Gasteiger partial charge in [-0.05, 0) is 30.9 Å². The second-order valence-electron chi connectivity index (χ2n) is 3.95. The molecule has 17 heavy (non-hydrogen) atoms. The molecule has 0 amide bonds. The summed E-state index contributed by atoms with van der Waals surface area (Å²) in [6.07, 6.45) is 3.98. The summed E-state index contributed by atoms with van der Waals surface area (Å²) < 4.78 is 0. The third-order valence-electron chi connectivity index (χ3n) is 2.90. The Balaban J connectivity index is 2.91. The van der Waals surface area contributed by atoms with E-state index >= 15 is 0 Å². The first-order chi connectivity index (χ1) is 8.13. The maximum atomic E-state index is 10.7. The number of anilines is 1. The van der Waals surface area contributed by atoms with Crippen molar-refractivity contribution < 1.29 is 4.79 Å². The van der Waals surface area contributed by atoms with Crippen LogP contribution >= 0.6 is 23.4 Å². The van der Waals surface area contributed by atoms with Crippen LogP contribution < -0.4 is 4.90 Å². The summed E-state index contributed by atoms with van der Waals surface area (Å²) in [5.74, 6) is 1.08. The van der Waals surface area contributed by atoms with E-state index in [2.05, 4.69) is 25.1 Å². The van der Waals surface area contributed by atoms with Crippen molar-refractivity contribution >= 4 is 35.3 Å². The smallest absolute Gasteiger partial charge is 0.151 e. The highest BCUT2D eigenvalue weighted by Crippen LogP contribution is 2.24. The lowest BCUT2D eigenvalue weighted by molar-refractivity contribution is 0.112. The van der Waals surface area contributed by atoms with Gasteiger partial charge in [0.15, 0.2) is 6.29 Å². The Kier molecular flexibility index (Phi) is 5.86. The van der Waals surface area contributed by atoms with Gasteiger partial charge in [-0.3, -0.25) is 4.79 Å². The molecule has 2 nitrogen and oxygen atoms in total. The monoisotopic (exact) mass is 271 g/mol. The highest BCUT2D eigenvalue weighted by molar-refractivity contribution is 7.98. The zero-order valence-electron chi connectivity index (χ0n) is 10.4. The van der Waals surface area contributed by atoms with Gasteiger partial charge in [-0.15, -0.1) is 0 Å². The van der Waals surface area contributed by atoms with E-state index in [1.807, 2.05) is 23.9 Å². The molecule has 0 saturated carbocycles. The van der Waals surface area contributed by atoms with Crippen LogP contribution in [0.25, 0.3) is 0 Å². The molecule has 1 rings (SSSR count). The molecule has 0 aliphatic rings. The van der Waals surface area contributed by atoms with Gasteiger partial charge in [-0.1, -0.05) is 18.5 Å². The Morgan fingerprint density at radius 1 is 1.53 bits per heavy atom. The van der Waals surface area contributed by atoms with Gasteiger partial charge in [0.1, 0.15) is 0 Å². The minimum atomic E-state index is 0.489. The largest absolute Gasteiger partial charge is 0.371 e. The van der Waals surface area contributed by atoms with E-state index < -0.39 is 0 Å². The molecule has 4 heteroatoms. The number of aldehydes is 1. The van der Waals surface area contributed by atoms with Gasteiger partial charge in [-0.2, -0.15) is 11.8 Å². The summed E-state index contributed by atoms with van der Waals surface area (Å²) in [6, 6.07) is 6.06. The lowest BCUT2D eigenvalue weighted by Crippen LogP contribution is -2.33. The van der Waals surface area contributed by atoms with Crippen molar-refractivity contribution in [1.29, 1.82) is 0 Å². The fraction of sp³-hybridized carbons (Fsp3) is 0.462. The van der Waals surface area contributed by atoms with Crippen molar-refractivity contribution in [3.05, 3.63) is 28.8 Å². The maximum absolute atomic E-state index is 10.7. The molecule has 0 aliphatic carbocycles. The summed E-state index contributed by atoms with van der Waals surface area (Å²) in [7, 11) is 2.07. The average Bonchev–Trinajstić information content (AvgIpc) is 2.35. The first-order valence-electron chi connectivity index (χ1n) is 5.60. The van der Waals surface area contributed by atoms with Crippen LogP contribution in [0.3, 0.4) is 0 Å². The number of nitrogens with zero attached hydrogens (tertiary/aromatic N) is 1. The maximum Gasteiger partial charge on any atom is 0.151 e. The summed E-state index contributed by atoms with van der Waals surface area (Å²) in [4.78, 5) is 12.9. The molecule has 0 fully saturated rings. The number of benzene rings is 1. The van der Waals surface area contributed by atoms with Crippen LogP contribution in [0.5, 0.6) is 0 Å². The van der Waals surface area contributed by atoms with Gasteiger partial charge in [0.05, 0.1) is 5.02 Å². The van der Waals surface area contributed by atoms with Gasteiger partial charge in [-0.25, -0.2) is 0 Å². The molecule has 0 aliphatic heterocycles. The Bertz CT molecular complexity index is 384. The van der Waals surface area contributed by atoms with Crippen molar-refractivity contribution in [2.45, 2.75) is 19.4 Å². The highest BCUT2D eigenvalue weighted by atomic mass is 35.5. The first kappa shape index (κ1) is 14.4. The third-order valence-corrected chi connectivity index (χ3v) is 3.94. The summed E-state index contributed by atoms with van der Waals surface area (Å²) in [5.41, 5.74) is 1.60. The van der Waals surface area contributed by atoms with Crippen molar-refractivity contribution in [1.82, 2.24) is 0 Å². The molecule has 0 aromatic heterocycles. The van der Waals surface area contributed by atoms with Gasteiger partial charge in [0, 0.05) is 30.1 Å². The number of thioether (sulfide) groups is 1. The number of hydrogen-bond donors (Lipinski definition) is 0. The van der Waals surface area contributed by atoms with Gasteiger partial charge in [0.25, 0.3) is 0 Å². The van der Waals surface area contributed by atoms with Crippen molar-refractivity contribution in [2.75, 3.05) is 24.0 Å². The lowest BCUT2D eigenvalue weighted by Gasteiger charge is -2.29. The predicted molar refractivity (Wildman–Crippen MR) is 77.7 cm³/mol.